The number of urea groups is 1. The first-order chi connectivity index (χ1) is 8.72. The number of hydrogen-bond acceptors (Lipinski definition) is 3. The predicted molar refractivity (Wildman–Crippen MR) is 63.6 cm³/mol. The van der Waals surface area contributed by atoms with Crippen LogP contribution in [0, 0.1) is 0 Å². The first-order valence-corrected chi connectivity index (χ1v) is 6.35. The fraction of sp³-hybridized carbons (Fsp3) is 0.583. The highest BCUT2D eigenvalue weighted by atomic mass is 16.2. The second-order valence-corrected chi connectivity index (χ2v) is 4.80. The summed E-state index contributed by atoms with van der Waals surface area (Å²) in [6.45, 7) is 3.04. The van der Waals surface area contributed by atoms with E-state index in [4.69, 9.17) is 0 Å². The number of nitrogens with one attached hydrogen (secondary N) is 1. The smallest absolute Gasteiger partial charge is 0.327 e. The van der Waals surface area contributed by atoms with Gasteiger partial charge in [-0.05, 0) is 6.42 Å². The Morgan fingerprint density at radius 2 is 2.33 bits per heavy atom. The Morgan fingerprint density at radius 3 is 3.11 bits per heavy atom. The molecule has 6 nitrogen and oxygen atoms in total. The number of carbonyl (C=O) groups is 2. The van der Waals surface area contributed by atoms with E-state index in [1.165, 1.54) is 4.90 Å². The van der Waals surface area contributed by atoms with Crippen molar-refractivity contribution < 1.29 is 9.59 Å². The summed E-state index contributed by atoms with van der Waals surface area (Å²) in [5, 5.41) is 0. The van der Waals surface area contributed by atoms with Crippen molar-refractivity contribution in [1.82, 2.24) is 19.8 Å². The second-order valence-electron chi connectivity index (χ2n) is 4.80. The lowest BCUT2D eigenvalue weighted by molar-refractivity contribution is -0.128. The van der Waals surface area contributed by atoms with Crippen molar-refractivity contribution in [2.24, 2.45) is 0 Å². The van der Waals surface area contributed by atoms with Crippen LogP contribution in [0.25, 0.3) is 0 Å². The summed E-state index contributed by atoms with van der Waals surface area (Å²) in [4.78, 5) is 34.7. The fourth-order valence-electron chi connectivity index (χ4n) is 2.61. The van der Waals surface area contributed by atoms with Crippen LogP contribution in [0.3, 0.4) is 0 Å². The highest BCUT2D eigenvalue weighted by Gasteiger charge is 2.47. The molecule has 0 aromatic carbocycles. The Kier molecular flexibility index (Phi) is 2.57. The number of imide groups is 1. The molecule has 3 rings (SSSR count). The van der Waals surface area contributed by atoms with E-state index in [1.54, 1.807) is 11.2 Å². The highest BCUT2D eigenvalue weighted by molar-refractivity contribution is 6.04. The van der Waals surface area contributed by atoms with Gasteiger partial charge in [-0.3, -0.25) is 9.69 Å². The number of H-pyrrole nitrogens is 1. The molecule has 1 aromatic rings. The zero-order valence-electron chi connectivity index (χ0n) is 10.3. The molecular formula is C12H16N4O2. The molecule has 96 valence electrons. The first-order valence-electron chi connectivity index (χ1n) is 6.35. The first kappa shape index (κ1) is 11.3. The molecule has 3 heterocycles. The summed E-state index contributed by atoms with van der Waals surface area (Å²) in [7, 11) is 0. The summed E-state index contributed by atoms with van der Waals surface area (Å²) in [6, 6.07) is -0.496. The lowest BCUT2D eigenvalue weighted by atomic mass is 10.0. The molecule has 18 heavy (non-hydrogen) atoms. The number of aromatic amines is 1. The van der Waals surface area contributed by atoms with Crippen LogP contribution >= 0.6 is 0 Å². The van der Waals surface area contributed by atoms with Gasteiger partial charge >= 0.3 is 6.03 Å². The SMILES string of the molecule is CCCCN1C(=O)C2Cc3nc[nH]c3CN2C1=O. The van der Waals surface area contributed by atoms with Crippen LogP contribution in [0.1, 0.15) is 31.2 Å². The summed E-state index contributed by atoms with van der Waals surface area (Å²) < 4.78 is 0. The Balaban J connectivity index is 1.83. The van der Waals surface area contributed by atoms with Gasteiger partial charge in [-0.25, -0.2) is 9.78 Å². The van der Waals surface area contributed by atoms with Gasteiger partial charge in [-0.2, -0.15) is 0 Å². The molecular weight excluding hydrogens is 232 g/mol. The third-order valence-corrected chi connectivity index (χ3v) is 3.66. The molecule has 2 aliphatic rings. The minimum atomic E-state index is -0.342. The van der Waals surface area contributed by atoms with Crippen LogP contribution in [0.5, 0.6) is 0 Å². The van der Waals surface area contributed by atoms with Gasteiger partial charge in [0.25, 0.3) is 5.91 Å². The van der Waals surface area contributed by atoms with Gasteiger partial charge in [-0.1, -0.05) is 13.3 Å². The molecule has 1 unspecified atom stereocenters. The number of fused-ring (bicyclic) bond motifs is 2. The topological polar surface area (TPSA) is 69.3 Å². The number of amides is 3. The van der Waals surface area contributed by atoms with E-state index in [1.807, 2.05) is 6.92 Å². The highest BCUT2D eigenvalue weighted by Crippen LogP contribution is 2.28. The van der Waals surface area contributed by atoms with E-state index in [-0.39, 0.29) is 18.0 Å². The normalized spacial score (nSPS) is 22.4. The maximum atomic E-state index is 12.2. The number of rotatable bonds is 3. The molecule has 6 heteroatoms. The number of nitrogens with zero attached hydrogens (tertiary/aromatic N) is 3. The zero-order chi connectivity index (χ0) is 12.7. The van der Waals surface area contributed by atoms with E-state index in [2.05, 4.69) is 9.97 Å². The van der Waals surface area contributed by atoms with Gasteiger partial charge in [0.1, 0.15) is 6.04 Å². The molecule has 1 aromatic heterocycles. The monoisotopic (exact) mass is 248 g/mol. The molecule has 0 radical (unpaired) electrons. The largest absolute Gasteiger partial charge is 0.347 e. The van der Waals surface area contributed by atoms with Crippen LogP contribution in [0.4, 0.5) is 4.79 Å². The maximum Gasteiger partial charge on any atom is 0.327 e. The van der Waals surface area contributed by atoms with Crippen LogP contribution in [0.15, 0.2) is 6.33 Å². The molecule has 0 spiro atoms. The van der Waals surface area contributed by atoms with Gasteiger partial charge < -0.3 is 9.88 Å². The summed E-state index contributed by atoms with van der Waals surface area (Å²) in [6.07, 6.45) is 3.99. The Bertz CT molecular complexity index is 458. The van der Waals surface area contributed by atoms with Crippen molar-refractivity contribution in [2.45, 2.75) is 38.8 Å². The van der Waals surface area contributed by atoms with Crippen LogP contribution in [0.2, 0.25) is 0 Å². The molecule has 1 atom stereocenters. The van der Waals surface area contributed by atoms with Crippen molar-refractivity contribution >= 4 is 11.9 Å². The van der Waals surface area contributed by atoms with E-state index < -0.39 is 0 Å². The Morgan fingerprint density at radius 1 is 1.50 bits per heavy atom. The van der Waals surface area contributed by atoms with Crippen LogP contribution < -0.4 is 0 Å². The molecule has 2 aliphatic heterocycles. The standard InChI is InChI=1S/C12H16N4O2/c1-2-3-4-15-11(17)10-5-8-9(14-7-13-8)6-16(10)12(15)18/h7,10H,2-6H2,1H3,(H,13,14). The van der Waals surface area contributed by atoms with Crippen molar-refractivity contribution in [1.29, 1.82) is 0 Å². The van der Waals surface area contributed by atoms with Crippen molar-refractivity contribution in [3.8, 4) is 0 Å². The number of aromatic nitrogens is 2. The lowest BCUT2D eigenvalue weighted by Crippen LogP contribution is -2.40. The third-order valence-electron chi connectivity index (χ3n) is 3.66. The number of imidazole rings is 1. The quantitative estimate of drug-likeness (QED) is 0.808. The van der Waals surface area contributed by atoms with Gasteiger partial charge in [-0.15, -0.1) is 0 Å². The lowest BCUT2D eigenvalue weighted by Gasteiger charge is -2.25. The maximum absolute atomic E-state index is 12.2. The molecule has 0 saturated carbocycles. The molecule has 0 aliphatic carbocycles. The summed E-state index contributed by atoms with van der Waals surface area (Å²) >= 11 is 0. The Labute approximate surface area is 105 Å². The van der Waals surface area contributed by atoms with Gasteiger partial charge in [0.2, 0.25) is 0 Å². The minimum absolute atomic E-state index is 0.0675. The van der Waals surface area contributed by atoms with E-state index in [0.29, 0.717) is 19.5 Å². The second kappa shape index (κ2) is 4.12. The van der Waals surface area contributed by atoms with Crippen molar-refractivity contribution in [3.63, 3.8) is 0 Å². The average molecular weight is 248 g/mol. The van der Waals surface area contributed by atoms with Gasteiger partial charge in [0.05, 0.1) is 24.3 Å². The molecule has 1 fully saturated rings. The van der Waals surface area contributed by atoms with Crippen LogP contribution in [-0.4, -0.2) is 44.3 Å². The van der Waals surface area contributed by atoms with Crippen molar-refractivity contribution in [3.05, 3.63) is 17.7 Å². The number of carbonyl (C=O) groups excluding carboxylic acids is 2. The van der Waals surface area contributed by atoms with Gasteiger partial charge in [0, 0.05) is 13.0 Å². The molecule has 1 N–H and O–H groups in total. The minimum Gasteiger partial charge on any atom is -0.347 e. The molecule has 1 saturated heterocycles. The molecule has 3 amide bonds. The third kappa shape index (κ3) is 1.52. The average Bonchev–Trinajstić information content (AvgIpc) is 2.91. The number of unbranched alkanes of at least 4 members (excludes halogenated alkanes) is 1. The Hall–Kier alpha value is -1.85. The fourth-order valence-corrected chi connectivity index (χ4v) is 2.61. The van der Waals surface area contributed by atoms with Gasteiger partial charge in [0.15, 0.2) is 0 Å². The van der Waals surface area contributed by atoms with E-state index >= 15 is 0 Å². The van der Waals surface area contributed by atoms with E-state index in [9.17, 15) is 9.59 Å². The number of hydrogen-bond donors (Lipinski definition) is 1. The molecule has 0 bridgehead atoms. The van der Waals surface area contributed by atoms with Crippen LogP contribution in [-0.2, 0) is 17.8 Å². The predicted octanol–water partition coefficient (Wildman–Crippen LogP) is 0.899. The van der Waals surface area contributed by atoms with E-state index in [0.717, 1.165) is 24.2 Å². The summed E-state index contributed by atoms with van der Waals surface area (Å²) in [5.41, 5.74) is 1.86. The van der Waals surface area contributed by atoms with Crippen molar-refractivity contribution in [2.75, 3.05) is 6.54 Å². The zero-order valence-corrected chi connectivity index (χ0v) is 10.3. The summed E-state index contributed by atoms with van der Waals surface area (Å²) in [5.74, 6) is -0.0675.